The van der Waals surface area contributed by atoms with Crippen molar-refractivity contribution in [2.45, 2.75) is 31.7 Å². The normalized spacial score (nSPS) is 21.7. The number of hydrogen-bond acceptors (Lipinski definition) is 4. The first-order valence-corrected chi connectivity index (χ1v) is 9.26. The third-order valence-electron chi connectivity index (χ3n) is 5.44. The van der Waals surface area contributed by atoms with Crippen molar-refractivity contribution in [3.63, 3.8) is 0 Å². The second-order valence-electron chi connectivity index (χ2n) is 7.29. The molecule has 2 aliphatic rings. The molecule has 27 heavy (non-hydrogen) atoms. The van der Waals surface area contributed by atoms with Crippen molar-refractivity contribution in [3.05, 3.63) is 65.2 Å². The summed E-state index contributed by atoms with van der Waals surface area (Å²) in [5.74, 6) is 1.30. The van der Waals surface area contributed by atoms with Gasteiger partial charge in [-0.05, 0) is 43.0 Å². The second kappa shape index (κ2) is 6.23. The standard InChI is InChI=1S/C21H20N4O2/c1-13-10-18(22-11-13)19-23-20(27-24-19)15-7-9-16-8-6-14-4-2-3-5-17(14)21(26)25(16)12-15/h2-6,8,10-11,15-16,22H,7,9,12H2,1H3/t15-,16+/m0/s1. The van der Waals surface area contributed by atoms with Crippen LogP contribution in [-0.2, 0) is 0 Å². The number of carbonyl (C=O) groups excluding carboxylic acids is 1. The third-order valence-corrected chi connectivity index (χ3v) is 5.44. The van der Waals surface area contributed by atoms with Crippen molar-refractivity contribution in [1.29, 1.82) is 0 Å². The van der Waals surface area contributed by atoms with Crippen LogP contribution in [0.2, 0.25) is 0 Å². The monoisotopic (exact) mass is 360 g/mol. The Kier molecular flexibility index (Phi) is 3.70. The Morgan fingerprint density at radius 3 is 3.00 bits per heavy atom. The number of nitrogens with zero attached hydrogens (tertiary/aromatic N) is 3. The summed E-state index contributed by atoms with van der Waals surface area (Å²) in [6.45, 7) is 2.60. The number of amides is 1. The smallest absolute Gasteiger partial charge is 0.254 e. The van der Waals surface area contributed by atoms with Gasteiger partial charge in [0.25, 0.3) is 5.91 Å². The Hall–Kier alpha value is -3.15. The van der Waals surface area contributed by atoms with Gasteiger partial charge in [-0.1, -0.05) is 35.5 Å². The van der Waals surface area contributed by atoms with Crippen molar-refractivity contribution >= 4 is 12.0 Å². The van der Waals surface area contributed by atoms with Crippen LogP contribution in [-0.4, -0.2) is 38.5 Å². The molecule has 2 aromatic heterocycles. The van der Waals surface area contributed by atoms with Crippen LogP contribution < -0.4 is 0 Å². The zero-order valence-electron chi connectivity index (χ0n) is 15.1. The first kappa shape index (κ1) is 16.1. The molecule has 136 valence electrons. The molecule has 1 fully saturated rings. The highest BCUT2D eigenvalue weighted by atomic mass is 16.5. The van der Waals surface area contributed by atoms with Gasteiger partial charge >= 0.3 is 0 Å². The molecule has 4 heterocycles. The molecule has 0 aliphatic carbocycles. The highest BCUT2D eigenvalue weighted by Crippen LogP contribution is 2.34. The largest absolute Gasteiger partial charge is 0.358 e. The van der Waals surface area contributed by atoms with Crippen LogP contribution in [0.5, 0.6) is 0 Å². The lowest BCUT2D eigenvalue weighted by molar-refractivity contribution is 0.0630. The van der Waals surface area contributed by atoms with Crippen LogP contribution in [0.25, 0.3) is 17.6 Å². The first-order valence-electron chi connectivity index (χ1n) is 9.26. The summed E-state index contributed by atoms with van der Waals surface area (Å²) in [6, 6.07) is 9.87. The SMILES string of the molecule is Cc1c[nH]c(-c2noc([C@H]3CC[C@H]4C=Cc5ccccc5C(=O)N4C3)n2)c1. The fourth-order valence-electron chi connectivity index (χ4n) is 3.98. The third kappa shape index (κ3) is 2.77. The highest BCUT2D eigenvalue weighted by molar-refractivity contribution is 5.99. The van der Waals surface area contributed by atoms with Crippen molar-refractivity contribution in [3.8, 4) is 11.5 Å². The molecule has 1 saturated heterocycles. The lowest BCUT2D eigenvalue weighted by atomic mass is 9.92. The van der Waals surface area contributed by atoms with E-state index in [4.69, 9.17) is 4.52 Å². The Labute approximate surface area is 156 Å². The van der Waals surface area contributed by atoms with E-state index in [0.717, 1.165) is 35.2 Å². The van der Waals surface area contributed by atoms with E-state index in [9.17, 15) is 4.79 Å². The van der Waals surface area contributed by atoms with Gasteiger partial charge in [-0.25, -0.2) is 0 Å². The Morgan fingerprint density at radius 1 is 1.26 bits per heavy atom. The molecule has 2 atom stereocenters. The lowest BCUT2D eigenvalue weighted by Crippen LogP contribution is -2.45. The maximum absolute atomic E-state index is 13.1. The molecule has 1 amide bonds. The Morgan fingerprint density at radius 2 is 2.15 bits per heavy atom. The minimum Gasteiger partial charge on any atom is -0.358 e. The van der Waals surface area contributed by atoms with Gasteiger partial charge in [0.05, 0.1) is 17.7 Å². The number of aryl methyl sites for hydroxylation is 1. The molecule has 3 aromatic rings. The lowest BCUT2D eigenvalue weighted by Gasteiger charge is -2.36. The predicted molar refractivity (Wildman–Crippen MR) is 101 cm³/mol. The Bertz CT molecular complexity index is 1030. The van der Waals surface area contributed by atoms with Gasteiger partial charge in [0.1, 0.15) is 0 Å². The summed E-state index contributed by atoms with van der Waals surface area (Å²) in [5, 5.41) is 4.12. The van der Waals surface area contributed by atoms with E-state index >= 15 is 0 Å². The predicted octanol–water partition coefficient (Wildman–Crippen LogP) is 3.79. The quantitative estimate of drug-likeness (QED) is 0.754. The molecular weight excluding hydrogens is 340 g/mol. The van der Waals surface area contributed by atoms with E-state index in [1.165, 1.54) is 0 Å². The van der Waals surface area contributed by atoms with Crippen molar-refractivity contribution < 1.29 is 9.32 Å². The van der Waals surface area contributed by atoms with Gasteiger partial charge in [0.15, 0.2) is 0 Å². The van der Waals surface area contributed by atoms with Gasteiger partial charge in [-0.3, -0.25) is 4.79 Å². The number of carbonyl (C=O) groups is 1. The number of hydrogen-bond donors (Lipinski definition) is 1. The zero-order chi connectivity index (χ0) is 18.4. The number of aromatic amines is 1. The van der Waals surface area contributed by atoms with Gasteiger partial charge in [0, 0.05) is 18.3 Å². The van der Waals surface area contributed by atoms with E-state index in [0.29, 0.717) is 18.3 Å². The number of aromatic nitrogens is 3. The van der Waals surface area contributed by atoms with Gasteiger partial charge in [-0.15, -0.1) is 0 Å². The molecule has 6 nitrogen and oxygen atoms in total. The van der Waals surface area contributed by atoms with Crippen LogP contribution in [0.15, 0.2) is 47.1 Å². The highest BCUT2D eigenvalue weighted by Gasteiger charge is 2.35. The topological polar surface area (TPSA) is 75.0 Å². The summed E-state index contributed by atoms with van der Waals surface area (Å²) < 4.78 is 5.55. The molecule has 0 unspecified atom stereocenters. The van der Waals surface area contributed by atoms with Gasteiger partial charge < -0.3 is 14.4 Å². The van der Waals surface area contributed by atoms with E-state index in [1.807, 2.05) is 48.4 Å². The summed E-state index contributed by atoms with van der Waals surface area (Å²) in [6.07, 6.45) is 7.93. The summed E-state index contributed by atoms with van der Waals surface area (Å²) in [4.78, 5) is 22.8. The molecule has 1 aromatic carbocycles. The van der Waals surface area contributed by atoms with Gasteiger partial charge in [0.2, 0.25) is 11.7 Å². The molecule has 2 aliphatic heterocycles. The van der Waals surface area contributed by atoms with Crippen LogP contribution in [0, 0.1) is 6.92 Å². The van der Waals surface area contributed by atoms with Crippen molar-refractivity contribution in [2.24, 2.45) is 0 Å². The van der Waals surface area contributed by atoms with Crippen LogP contribution >= 0.6 is 0 Å². The van der Waals surface area contributed by atoms with Crippen LogP contribution in [0.3, 0.4) is 0 Å². The minimum atomic E-state index is 0.0566. The Balaban J connectivity index is 1.41. The number of piperidine rings is 1. The fraction of sp³-hybridized carbons (Fsp3) is 0.286. The number of rotatable bonds is 2. The second-order valence-corrected chi connectivity index (χ2v) is 7.29. The summed E-state index contributed by atoms with van der Waals surface area (Å²) in [5.41, 5.74) is 3.71. The van der Waals surface area contributed by atoms with Crippen LogP contribution in [0.4, 0.5) is 0 Å². The molecule has 0 radical (unpaired) electrons. The molecule has 5 rings (SSSR count). The first-order chi connectivity index (χ1) is 13.2. The number of H-pyrrole nitrogens is 1. The van der Waals surface area contributed by atoms with Crippen molar-refractivity contribution in [2.75, 3.05) is 6.54 Å². The fourth-order valence-corrected chi connectivity index (χ4v) is 3.98. The maximum Gasteiger partial charge on any atom is 0.254 e. The van der Waals surface area contributed by atoms with Crippen molar-refractivity contribution in [1.82, 2.24) is 20.0 Å². The summed E-state index contributed by atoms with van der Waals surface area (Å²) >= 11 is 0. The van der Waals surface area contributed by atoms with E-state index in [2.05, 4.69) is 27.3 Å². The maximum atomic E-state index is 13.1. The summed E-state index contributed by atoms with van der Waals surface area (Å²) in [7, 11) is 0. The van der Waals surface area contributed by atoms with Gasteiger partial charge in [-0.2, -0.15) is 4.98 Å². The number of nitrogens with one attached hydrogen (secondary N) is 1. The number of fused-ring (bicyclic) bond motifs is 2. The number of benzene rings is 1. The van der Waals surface area contributed by atoms with E-state index in [-0.39, 0.29) is 17.9 Å². The van der Waals surface area contributed by atoms with E-state index < -0.39 is 0 Å². The minimum absolute atomic E-state index is 0.0566. The van der Waals surface area contributed by atoms with Crippen LogP contribution in [0.1, 0.15) is 46.1 Å². The molecule has 0 saturated carbocycles. The molecular formula is C21H20N4O2. The molecule has 6 heteroatoms. The molecule has 1 N–H and O–H groups in total. The van der Waals surface area contributed by atoms with E-state index in [1.54, 1.807) is 0 Å². The average Bonchev–Trinajstić information content (AvgIpc) is 3.32. The molecule has 0 bridgehead atoms. The zero-order valence-corrected chi connectivity index (χ0v) is 15.1. The molecule has 0 spiro atoms. The average molecular weight is 360 g/mol.